The second-order valence-electron chi connectivity index (χ2n) is 1.76. The number of aliphatic carboxylic acids is 1. The highest BCUT2D eigenvalue weighted by molar-refractivity contribution is 5.86. The van der Waals surface area contributed by atoms with Gasteiger partial charge in [-0.25, -0.2) is 4.79 Å². The van der Waals surface area contributed by atoms with Crippen LogP contribution in [-0.2, 0) is 14.3 Å². The molecule has 0 saturated carbocycles. The summed E-state index contributed by atoms with van der Waals surface area (Å²) in [6.07, 6.45) is 0.263. The molecule has 1 aliphatic heterocycles. The average Bonchev–Trinajstić information content (AvgIpc) is 1.88. The second-order valence-corrected chi connectivity index (χ2v) is 1.76. The fourth-order valence-electron chi connectivity index (χ4n) is 0.507. The van der Waals surface area contributed by atoms with Gasteiger partial charge in [-0.05, 0) is 0 Å². The Bertz CT molecular complexity index is 176. The van der Waals surface area contributed by atoms with E-state index in [-0.39, 0.29) is 12.2 Å². The number of nitrogens with two attached hydrogens (primary N) is 1. The van der Waals surface area contributed by atoms with Crippen LogP contribution >= 0.6 is 0 Å². The van der Waals surface area contributed by atoms with Gasteiger partial charge in [0.25, 0.3) is 6.41 Å². The summed E-state index contributed by atoms with van der Waals surface area (Å²) in [4.78, 5) is 10.2. The Morgan fingerprint density at radius 1 is 1.90 bits per heavy atom. The molecule has 1 atom stereocenters. The minimum Gasteiger partial charge on any atom is -0.478 e. The minimum absolute atomic E-state index is 0.00347. The summed E-state index contributed by atoms with van der Waals surface area (Å²) in [5.41, 5.74) is 5.19. The van der Waals surface area contributed by atoms with Crippen LogP contribution in [0.25, 0.3) is 0 Å². The van der Waals surface area contributed by atoms with Crippen LogP contribution < -0.4 is 5.73 Å². The number of rotatable bonds is 1. The number of carboxylic acid groups (broad SMARTS) is 1. The zero-order valence-electron chi connectivity index (χ0n) is 5.11. The van der Waals surface area contributed by atoms with Crippen molar-refractivity contribution in [1.82, 2.24) is 0 Å². The van der Waals surface area contributed by atoms with E-state index >= 15 is 0 Å². The molecule has 1 heterocycles. The predicted octanol–water partition coefficient (Wildman–Crippen LogP) is -0.756. The molecule has 0 saturated heterocycles. The number of hydrogen-bond acceptors (Lipinski definition) is 4. The number of ether oxygens (including phenoxy) is 2. The second kappa shape index (κ2) is 2.68. The molecule has 0 spiro atoms. The van der Waals surface area contributed by atoms with E-state index in [0.717, 1.165) is 6.26 Å². The lowest BCUT2D eigenvalue weighted by Gasteiger charge is -2.17. The van der Waals surface area contributed by atoms with Gasteiger partial charge in [-0.3, -0.25) is 5.73 Å². The smallest absolute Gasteiger partial charge is 0.337 e. The molecular weight excluding hydrogens is 138 g/mol. The Hall–Kier alpha value is -1.07. The highest BCUT2D eigenvalue weighted by Crippen LogP contribution is 2.05. The van der Waals surface area contributed by atoms with Gasteiger partial charge in [-0.1, -0.05) is 0 Å². The van der Waals surface area contributed by atoms with Gasteiger partial charge >= 0.3 is 5.97 Å². The van der Waals surface area contributed by atoms with Crippen molar-refractivity contribution in [1.29, 1.82) is 0 Å². The molecule has 10 heavy (non-hydrogen) atoms. The van der Waals surface area contributed by atoms with E-state index in [1.165, 1.54) is 0 Å². The van der Waals surface area contributed by atoms with Gasteiger partial charge in [0.05, 0.1) is 12.2 Å². The maximum absolute atomic E-state index is 10.2. The maximum Gasteiger partial charge on any atom is 0.337 e. The van der Waals surface area contributed by atoms with Gasteiger partial charge in [0.1, 0.15) is 6.26 Å². The third-order valence-electron chi connectivity index (χ3n) is 1.02. The lowest BCUT2D eigenvalue weighted by molar-refractivity contribution is -0.141. The van der Waals surface area contributed by atoms with Crippen molar-refractivity contribution in [2.45, 2.75) is 6.41 Å². The summed E-state index contributed by atoms with van der Waals surface area (Å²) in [5, 5.41) is 8.36. The molecular formula is C5H7NO4. The van der Waals surface area contributed by atoms with Crippen LogP contribution in [0.4, 0.5) is 0 Å². The van der Waals surface area contributed by atoms with Gasteiger partial charge in [-0.2, -0.15) is 0 Å². The molecule has 0 aromatic heterocycles. The molecule has 0 bridgehead atoms. The molecule has 3 N–H and O–H groups in total. The summed E-state index contributed by atoms with van der Waals surface area (Å²) in [7, 11) is 0. The van der Waals surface area contributed by atoms with Crippen molar-refractivity contribution in [2.75, 3.05) is 6.61 Å². The Morgan fingerprint density at radius 2 is 2.60 bits per heavy atom. The van der Waals surface area contributed by atoms with E-state index in [2.05, 4.69) is 9.47 Å². The largest absolute Gasteiger partial charge is 0.478 e. The third-order valence-corrected chi connectivity index (χ3v) is 1.02. The van der Waals surface area contributed by atoms with Crippen molar-refractivity contribution in [3.05, 3.63) is 11.8 Å². The Morgan fingerprint density at radius 3 is 3.00 bits per heavy atom. The monoisotopic (exact) mass is 145 g/mol. The SMILES string of the molecule is NC1OC=C(C(=O)O)CO1. The lowest BCUT2D eigenvalue weighted by atomic mass is 10.3. The van der Waals surface area contributed by atoms with E-state index in [9.17, 15) is 4.79 Å². The first-order valence-electron chi connectivity index (χ1n) is 2.65. The molecule has 5 heteroatoms. The third kappa shape index (κ3) is 1.46. The molecule has 0 aromatic rings. The summed E-state index contributed by atoms with van der Waals surface area (Å²) in [6, 6.07) is 0. The van der Waals surface area contributed by atoms with Gasteiger partial charge in [-0.15, -0.1) is 0 Å². The van der Waals surface area contributed by atoms with Crippen LogP contribution in [0.3, 0.4) is 0 Å². The zero-order valence-corrected chi connectivity index (χ0v) is 5.11. The average molecular weight is 145 g/mol. The first kappa shape index (κ1) is 7.04. The van der Waals surface area contributed by atoms with Gasteiger partial charge < -0.3 is 14.6 Å². The van der Waals surface area contributed by atoms with Crippen LogP contribution in [-0.4, -0.2) is 24.1 Å². The molecule has 0 aliphatic carbocycles. The van der Waals surface area contributed by atoms with Crippen LogP contribution in [0, 0.1) is 0 Å². The first-order chi connectivity index (χ1) is 4.70. The Balaban J connectivity index is 2.56. The van der Waals surface area contributed by atoms with Crippen molar-refractivity contribution >= 4 is 5.97 Å². The molecule has 56 valence electrons. The first-order valence-corrected chi connectivity index (χ1v) is 2.65. The molecule has 0 aromatic carbocycles. The van der Waals surface area contributed by atoms with Gasteiger partial charge in [0.15, 0.2) is 0 Å². The molecule has 0 fully saturated rings. The lowest BCUT2D eigenvalue weighted by Crippen LogP contribution is -2.31. The Labute approximate surface area is 57.0 Å². The molecule has 5 nitrogen and oxygen atoms in total. The quantitative estimate of drug-likeness (QED) is 0.507. The van der Waals surface area contributed by atoms with Crippen LogP contribution in [0.2, 0.25) is 0 Å². The van der Waals surface area contributed by atoms with Gasteiger partial charge in [0, 0.05) is 0 Å². The van der Waals surface area contributed by atoms with Crippen molar-refractivity contribution in [3.8, 4) is 0 Å². The normalized spacial score (nSPS) is 24.9. The topological polar surface area (TPSA) is 81.8 Å². The zero-order chi connectivity index (χ0) is 7.56. The number of carbonyl (C=O) groups is 1. The standard InChI is InChI=1S/C5H7NO4/c6-5-9-1-3(2-10-5)4(7)8/h1,5H,2,6H2,(H,7,8). The van der Waals surface area contributed by atoms with E-state index < -0.39 is 12.4 Å². The summed E-state index contributed by atoms with van der Waals surface area (Å²) < 4.78 is 9.22. The molecule has 1 aliphatic rings. The van der Waals surface area contributed by atoms with Crippen molar-refractivity contribution in [3.63, 3.8) is 0 Å². The van der Waals surface area contributed by atoms with E-state index in [1.54, 1.807) is 0 Å². The molecule has 0 amide bonds. The minimum atomic E-state index is -1.05. The number of carboxylic acids is 1. The van der Waals surface area contributed by atoms with Gasteiger partial charge in [0.2, 0.25) is 0 Å². The van der Waals surface area contributed by atoms with Crippen LogP contribution in [0.1, 0.15) is 0 Å². The maximum atomic E-state index is 10.2. The molecule has 1 rings (SSSR count). The van der Waals surface area contributed by atoms with Crippen molar-refractivity contribution < 1.29 is 19.4 Å². The van der Waals surface area contributed by atoms with Crippen LogP contribution in [0.15, 0.2) is 11.8 Å². The van der Waals surface area contributed by atoms with Crippen molar-refractivity contribution in [2.24, 2.45) is 5.73 Å². The van der Waals surface area contributed by atoms with E-state index in [0.29, 0.717) is 0 Å². The molecule has 0 radical (unpaired) electrons. The summed E-state index contributed by atoms with van der Waals surface area (Å²) >= 11 is 0. The van der Waals surface area contributed by atoms with Crippen LogP contribution in [0.5, 0.6) is 0 Å². The predicted molar refractivity (Wildman–Crippen MR) is 30.7 cm³/mol. The highest BCUT2D eigenvalue weighted by atomic mass is 16.7. The fourth-order valence-corrected chi connectivity index (χ4v) is 0.507. The van der Waals surface area contributed by atoms with E-state index in [1.807, 2.05) is 0 Å². The summed E-state index contributed by atoms with van der Waals surface area (Å²) in [6.45, 7) is -0.00347. The Kier molecular flexibility index (Phi) is 1.88. The van der Waals surface area contributed by atoms with E-state index in [4.69, 9.17) is 10.8 Å². The molecule has 1 unspecified atom stereocenters. The number of hydrogen-bond donors (Lipinski definition) is 2. The highest BCUT2D eigenvalue weighted by Gasteiger charge is 2.15. The summed E-state index contributed by atoms with van der Waals surface area (Å²) in [5.74, 6) is -1.05. The fraction of sp³-hybridized carbons (Fsp3) is 0.400.